The predicted molar refractivity (Wildman–Crippen MR) is 86.2 cm³/mol. The molecule has 0 unspecified atom stereocenters. The monoisotopic (exact) mass is 336 g/mol. The molecule has 1 heterocycles. The molecule has 122 valence electrons. The number of halogens is 1. The van der Waals surface area contributed by atoms with Crippen LogP contribution in [0.4, 0.5) is 4.39 Å². The number of hydrogen-bond acceptors (Lipinski definition) is 4. The second-order valence-corrected chi connectivity index (χ2v) is 5.79. The molecule has 0 aliphatic heterocycles. The van der Waals surface area contributed by atoms with Gasteiger partial charge in [-0.15, -0.1) is 11.3 Å². The largest absolute Gasteiger partial charge is 0.494 e. The van der Waals surface area contributed by atoms with E-state index >= 15 is 0 Å². The van der Waals surface area contributed by atoms with Gasteiger partial charge in [0.15, 0.2) is 11.6 Å². The maximum absolute atomic E-state index is 13.7. The summed E-state index contributed by atoms with van der Waals surface area (Å²) in [7, 11) is 1.39. The molecule has 23 heavy (non-hydrogen) atoms. The van der Waals surface area contributed by atoms with Crippen molar-refractivity contribution in [2.45, 2.75) is 13.0 Å². The van der Waals surface area contributed by atoms with E-state index in [9.17, 15) is 14.0 Å². The van der Waals surface area contributed by atoms with Gasteiger partial charge in [-0.1, -0.05) is 12.1 Å². The summed E-state index contributed by atoms with van der Waals surface area (Å²) < 4.78 is 18.5. The molecule has 5 nitrogen and oxygen atoms in total. The number of hydrogen-bond donors (Lipinski definition) is 2. The molecule has 0 bridgehead atoms. The normalized spacial score (nSPS) is 11.6. The highest BCUT2D eigenvalue weighted by Crippen LogP contribution is 2.21. The number of amides is 2. The molecule has 0 aliphatic carbocycles. The number of nitrogens with one attached hydrogen (secondary N) is 2. The van der Waals surface area contributed by atoms with Crippen LogP contribution in [0, 0.1) is 5.82 Å². The molecule has 1 aromatic heterocycles. The third-order valence-electron chi connectivity index (χ3n) is 3.21. The van der Waals surface area contributed by atoms with E-state index in [4.69, 9.17) is 4.74 Å². The van der Waals surface area contributed by atoms with Crippen LogP contribution in [0.3, 0.4) is 0 Å². The second kappa shape index (κ2) is 7.73. The number of carbonyl (C=O) groups excluding carboxylic acids is 2. The minimum absolute atomic E-state index is 0.139. The lowest BCUT2D eigenvalue weighted by atomic mass is 10.1. The van der Waals surface area contributed by atoms with Crippen LogP contribution in [0.15, 0.2) is 35.7 Å². The zero-order valence-corrected chi connectivity index (χ0v) is 13.6. The Hall–Kier alpha value is -2.41. The number of thiophene rings is 1. The summed E-state index contributed by atoms with van der Waals surface area (Å²) in [6.45, 7) is 1.60. The minimum atomic E-state index is -0.489. The van der Waals surface area contributed by atoms with Crippen LogP contribution in [-0.2, 0) is 4.79 Å². The molecule has 2 N–H and O–H groups in total. The highest BCUT2D eigenvalue weighted by molar-refractivity contribution is 7.12. The Labute approximate surface area is 137 Å². The number of carbonyl (C=O) groups is 2. The zero-order chi connectivity index (χ0) is 16.8. The Morgan fingerprint density at radius 2 is 2.13 bits per heavy atom. The topological polar surface area (TPSA) is 67.4 Å². The van der Waals surface area contributed by atoms with Gasteiger partial charge in [-0.3, -0.25) is 9.59 Å². The van der Waals surface area contributed by atoms with Crippen LogP contribution >= 0.6 is 11.3 Å². The summed E-state index contributed by atoms with van der Waals surface area (Å²) in [5.74, 6) is -0.982. The van der Waals surface area contributed by atoms with Gasteiger partial charge in [0.05, 0.1) is 24.6 Å². The van der Waals surface area contributed by atoms with Gasteiger partial charge >= 0.3 is 0 Å². The maximum Gasteiger partial charge on any atom is 0.261 e. The average molecular weight is 336 g/mol. The van der Waals surface area contributed by atoms with Crippen LogP contribution in [0.25, 0.3) is 0 Å². The highest BCUT2D eigenvalue weighted by Gasteiger charge is 2.13. The standard InChI is InChI=1S/C16H17FN2O3S/c1-10(11-5-6-13(22-2)12(17)8-11)19-15(20)9-18-16(21)14-4-3-7-23-14/h3-8,10H,9H2,1-2H3,(H,18,21)(H,19,20)/t10-/m1/s1. The van der Waals surface area contributed by atoms with Crippen molar-refractivity contribution >= 4 is 23.2 Å². The summed E-state index contributed by atoms with van der Waals surface area (Å²) in [4.78, 5) is 24.1. The summed E-state index contributed by atoms with van der Waals surface area (Å²) in [6.07, 6.45) is 0. The number of rotatable bonds is 6. The quantitative estimate of drug-likeness (QED) is 0.852. The molecule has 0 radical (unpaired) electrons. The van der Waals surface area contributed by atoms with E-state index in [2.05, 4.69) is 10.6 Å². The Morgan fingerprint density at radius 1 is 1.35 bits per heavy atom. The molecule has 0 fully saturated rings. The molecule has 1 atom stereocenters. The Bertz CT molecular complexity index is 689. The van der Waals surface area contributed by atoms with Gasteiger partial charge in [0.25, 0.3) is 5.91 Å². The van der Waals surface area contributed by atoms with Crippen LogP contribution in [0.1, 0.15) is 28.2 Å². The molecule has 7 heteroatoms. The first kappa shape index (κ1) is 17.0. The molecule has 0 spiro atoms. The summed E-state index contributed by atoms with van der Waals surface area (Å²) in [5.41, 5.74) is 0.612. The number of ether oxygens (including phenoxy) is 1. The van der Waals surface area contributed by atoms with Gasteiger partial charge in [0, 0.05) is 0 Å². The van der Waals surface area contributed by atoms with Gasteiger partial charge in [-0.05, 0) is 36.1 Å². The first-order valence-electron chi connectivity index (χ1n) is 6.95. The van der Waals surface area contributed by atoms with Gasteiger partial charge in [-0.2, -0.15) is 0 Å². The third-order valence-corrected chi connectivity index (χ3v) is 4.08. The molecule has 0 saturated carbocycles. The molecular formula is C16H17FN2O3S. The van der Waals surface area contributed by atoms with Crippen molar-refractivity contribution in [2.24, 2.45) is 0 Å². The lowest BCUT2D eigenvalue weighted by molar-refractivity contribution is -0.120. The fourth-order valence-electron chi connectivity index (χ4n) is 1.98. The smallest absolute Gasteiger partial charge is 0.261 e. The van der Waals surface area contributed by atoms with Crippen molar-refractivity contribution in [3.63, 3.8) is 0 Å². The van der Waals surface area contributed by atoms with Crippen LogP contribution in [0.5, 0.6) is 5.75 Å². The Balaban J connectivity index is 1.87. The van der Waals surface area contributed by atoms with E-state index in [-0.39, 0.29) is 30.2 Å². The maximum atomic E-state index is 13.7. The summed E-state index contributed by atoms with van der Waals surface area (Å²) in [5, 5.41) is 7.03. The van der Waals surface area contributed by atoms with Crippen LogP contribution in [0.2, 0.25) is 0 Å². The highest BCUT2D eigenvalue weighted by atomic mass is 32.1. The Morgan fingerprint density at radius 3 is 2.74 bits per heavy atom. The third kappa shape index (κ3) is 4.53. The molecule has 1 aromatic carbocycles. The molecule has 2 rings (SSSR count). The molecule has 2 aromatic rings. The van der Waals surface area contributed by atoms with Gasteiger partial charge in [0.2, 0.25) is 5.91 Å². The lowest BCUT2D eigenvalue weighted by Gasteiger charge is -2.15. The van der Waals surface area contributed by atoms with Crippen molar-refractivity contribution in [2.75, 3.05) is 13.7 Å². The van der Waals surface area contributed by atoms with Crippen molar-refractivity contribution in [1.82, 2.24) is 10.6 Å². The average Bonchev–Trinajstić information content (AvgIpc) is 3.07. The molecular weight excluding hydrogens is 319 g/mol. The van der Waals surface area contributed by atoms with Crippen molar-refractivity contribution < 1.29 is 18.7 Å². The van der Waals surface area contributed by atoms with Crippen molar-refractivity contribution in [3.8, 4) is 5.75 Å². The fraction of sp³-hybridized carbons (Fsp3) is 0.250. The molecule has 0 saturated heterocycles. The van der Waals surface area contributed by atoms with Gasteiger partial charge in [0.1, 0.15) is 0 Å². The SMILES string of the molecule is COc1ccc([C@@H](C)NC(=O)CNC(=O)c2cccs2)cc1F. The summed E-state index contributed by atoms with van der Waals surface area (Å²) in [6, 6.07) is 7.55. The van der Waals surface area contributed by atoms with E-state index in [1.165, 1.54) is 30.6 Å². The summed E-state index contributed by atoms with van der Waals surface area (Å²) >= 11 is 1.30. The van der Waals surface area contributed by atoms with Crippen molar-refractivity contribution in [1.29, 1.82) is 0 Å². The van der Waals surface area contributed by atoms with Crippen molar-refractivity contribution in [3.05, 3.63) is 52.0 Å². The van der Waals surface area contributed by atoms with Crippen LogP contribution < -0.4 is 15.4 Å². The van der Waals surface area contributed by atoms with E-state index in [0.29, 0.717) is 10.4 Å². The number of methoxy groups -OCH3 is 1. The zero-order valence-electron chi connectivity index (χ0n) is 12.8. The fourth-order valence-corrected chi connectivity index (χ4v) is 2.62. The van der Waals surface area contributed by atoms with E-state index in [1.54, 1.807) is 30.5 Å². The first-order valence-corrected chi connectivity index (χ1v) is 7.83. The predicted octanol–water partition coefficient (Wildman–Crippen LogP) is 2.50. The Kier molecular flexibility index (Phi) is 5.70. The minimum Gasteiger partial charge on any atom is -0.494 e. The molecule has 0 aliphatic rings. The first-order chi connectivity index (χ1) is 11.0. The van der Waals surface area contributed by atoms with Crippen LogP contribution in [-0.4, -0.2) is 25.5 Å². The van der Waals surface area contributed by atoms with Gasteiger partial charge < -0.3 is 15.4 Å². The van der Waals surface area contributed by atoms with E-state index < -0.39 is 5.82 Å². The van der Waals surface area contributed by atoms with Gasteiger partial charge in [-0.25, -0.2) is 4.39 Å². The molecule has 2 amide bonds. The van der Waals surface area contributed by atoms with E-state index in [1.807, 2.05) is 0 Å². The number of benzene rings is 1. The van der Waals surface area contributed by atoms with E-state index in [0.717, 1.165) is 0 Å². The lowest BCUT2D eigenvalue weighted by Crippen LogP contribution is -2.37. The second-order valence-electron chi connectivity index (χ2n) is 4.84.